The maximum atomic E-state index is 14.2. The molecule has 0 atom stereocenters. The predicted octanol–water partition coefficient (Wildman–Crippen LogP) is 3.16. The van der Waals surface area contributed by atoms with Crippen molar-refractivity contribution in [3.8, 4) is 17.1 Å². The third kappa shape index (κ3) is 3.14. The predicted molar refractivity (Wildman–Crippen MR) is 75.5 cm³/mol. The van der Waals surface area contributed by atoms with Crippen molar-refractivity contribution in [3.05, 3.63) is 29.3 Å². The Morgan fingerprint density at radius 2 is 2.00 bits per heavy atom. The topological polar surface area (TPSA) is 59.9 Å². The fourth-order valence-electron chi connectivity index (χ4n) is 1.63. The number of aromatic nitrogens is 3. The Labute approximate surface area is 121 Å². The van der Waals surface area contributed by atoms with Gasteiger partial charge in [0.15, 0.2) is 17.4 Å². The molecule has 0 aliphatic rings. The maximum absolute atomic E-state index is 14.2. The van der Waals surface area contributed by atoms with E-state index in [1.54, 1.807) is 12.1 Å². The molecule has 0 bridgehead atoms. The minimum atomic E-state index is -0.534. The van der Waals surface area contributed by atoms with Crippen molar-refractivity contribution >= 4 is 17.5 Å². The van der Waals surface area contributed by atoms with E-state index in [9.17, 15) is 4.39 Å². The van der Waals surface area contributed by atoms with Gasteiger partial charge in [0.05, 0.1) is 12.7 Å². The average Bonchev–Trinajstić information content (AvgIpc) is 2.37. The van der Waals surface area contributed by atoms with Crippen LogP contribution in [0, 0.1) is 5.82 Å². The molecule has 0 aliphatic heterocycles. The fraction of sp³-hybridized carbons (Fsp3) is 0.308. The minimum absolute atomic E-state index is 0.000342. The van der Waals surface area contributed by atoms with Gasteiger partial charge in [0.25, 0.3) is 0 Å². The van der Waals surface area contributed by atoms with Gasteiger partial charge in [-0.15, -0.1) is 0 Å². The van der Waals surface area contributed by atoms with Crippen LogP contribution in [-0.4, -0.2) is 28.1 Å². The highest BCUT2D eigenvalue weighted by Gasteiger charge is 2.15. The number of methoxy groups -OCH3 is 1. The van der Waals surface area contributed by atoms with Crippen LogP contribution in [0.2, 0.25) is 5.28 Å². The monoisotopic (exact) mass is 296 g/mol. The van der Waals surface area contributed by atoms with Crippen LogP contribution in [0.4, 0.5) is 10.3 Å². The van der Waals surface area contributed by atoms with Gasteiger partial charge in [0.2, 0.25) is 11.2 Å². The van der Waals surface area contributed by atoms with E-state index in [4.69, 9.17) is 16.3 Å². The highest BCUT2D eigenvalue weighted by atomic mass is 35.5. The molecule has 1 N–H and O–H groups in total. The summed E-state index contributed by atoms with van der Waals surface area (Å²) in [4.78, 5) is 12.1. The van der Waals surface area contributed by atoms with E-state index >= 15 is 0 Å². The van der Waals surface area contributed by atoms with Gasteiger partial charge in [-0.1, -0.05) is 6.07 Å². The van der Waals surface area contributed by atoms with Crippen molar-refractivity contribution in [3.63, 3.8) is 0 Å². The molecule has 7 heteroatoms. The summed E-state index contributed by atoms with van der Waals surface area (Å²) in [6, 6.07) is 4.86. The third-order valence-corrected chi connectivity index (χ3v) is 2.62. The van der Waals surface area contributed by atoms with E-state index in [1.165, 1.54) is 13.2 Å². The number of hydrogen-bond acceptors (Lipinski definition) is 5. The molecular weight excluding hydrogens is 283 g/mol. The summed E-state index contributed by atoms with van der Waals surface area (Å²) in [5, 5.41) is 3.00. The van der Waals surface area contributed by atoms with Gasteiger partial charge >= 0.3 is 0 Å². The number of rotatable bonds is 4. The molecule has 1 heterocycles. The first kappa shape index (κ1) is 14.5. The van der Waals surface area contributed by atoms with Crippen LogP contribution in [0.3, 0.4) is 0 Å². The molecule has 106 valence electrons. The molecule has 5 nitrogen and oxygen atoms in total. The van der Waals surface area contributed by atoms with Gasteiger partial charge in [-0.05, 0) is 37.6 Å². The Bertz CT molecular complexity index is 621. The van der Waals surface area contributed by atoms with Gasteiger partial charge in [-0.25, -0.2) is 4.39 Å². The van der Waals surface area contributed by atoms with E-state index in [2.05, 4.69) is 20.3 Å². The Hall–Kier alpha value is -1.95. The molecule has 20 heavy (non-hydrogen) atoms. The third-order valence-electron chi connectivity index (χ3n) is 2.45. The fourth-order valence-corrected chi connectivity index (χ4v) is 1.79. The van der Waals surface area contributed by atoms with E-state index in [0.29, 0.717) is 5.95 Å². The zero-order valence-electron chi connectivity index (χ0n) is 11.3. The van der Waals surface area contributed by atoms with Gasteiger partial charge in [0, 0.05) is 6.04 Å². The standard InChI is InChI=1S/C13H14ClFN4O/c1-7(2)16-13-18-11(17-12(14)19-13)8-5-4-6-9(20-3)10(8)15/h4-7H,1-3H3,(H,16,17,18,19). The molecule has 0 fully saturated rings. The van der Waals surface area contributed by atoms with Crippen molar-refractivity contribution < 1.29 is 9.13 Å². The summed E-state index contributed by atoms with van der Waals surface area (Å²) in [6.45, 7) is 3.87. The average molecular weight is 297 g/mol. The number of nitrogens with zero attached hydrogens (tertiary/aromatic N) is 3. The van der Waals surface area contributed by atoms with Gasteiger partial charge in [-0.3, -0.25) is 0 Å². The van der Waals surface area contributed by atoms with Gasteiger partial charge < -0.3 is 10.1 Å². The van der Waals surface area contributed by atoms with Crippen molar-refractivity contribution in [1.82, 2.24) is 15.0 Å². The summed E-state index contributed by atoms with van der Waals surface area (Å²) < 4.78 is 19.1. The molecular formula is C13H14ClFN4O. The zero-order chi connectivity index (χ0) is 14.7. The zero-order valence-corrected chi connectivity index (χ0v) is 12.1. The number of benzene rings is 1. The summed E-state index contributed by atoms with van der Waals surface area (Å²) in [6.07, 6.45) is 0. The first-order chi connectivity index (χ1) is 9.51. The second-order valence-electron chi connectivity index (χ2n) is 4.37. The Kier molecular flexibility index (Phi) is 4.34. The second kappa shape index (κ2) is 6.00. The number of ether oxygens (including phenoxy) is 1. The molecule has 0 amide bonds. The molecule has 1 aromatic carbocycles. The van der Waals surface area contributed by atoms with E-state index < -0.39 is 5.82 Å². The van der Waals surface area contributed by atoms with Crippen molar-refractivity contribution in [2.45, 2.75) is 19.9 Å². The van der Waals surface area contributed by atoms with Crippen LogP contribution < -0.4 is 10.1 Å². The Morgan fingerprint density at radius 3 is 2.65 bits per heavy atom. The first-order valence-corrected chi connectivity index (χ1v) is 6.40. The van der Waals surface area contributed by atoms with Gasteiger partial charge in [-0.2, -0.15) is 15.0 Å². The summed E-state index contributed by atoms with van der Waals surface area (Å²) >= 11 is 5.85. The highest BCUT2D eigenvalue weighted by Crippen LogP contribution is 2.27. The van der Waals surface area contributed by atoms with Crippen molar-refractivity contribution in [2.75, 3.05) is 12.4 Å². The minimum Gasteiger partial charge on any atom is -0.494 e. The quantitative estimate of drug-likeness (QED) is 0.939. The molecule has 2 rings (SSSR count). The van der Waals surface area contributed by atoms with E-state index in [1.807, 2.05) is 13.8 Å². The van der Waals surface area contributed by atoms with E-state index in [0.717, 1.165) is 0 Å². The number of anilines is 1. The smallest absolute Gasteiger partial charge is 0.227 e. The second-order valence-corrected chi connectivity index (χ2v) is 4.71. The Morgan fingerprint density at radius 1 is 1.25 bits per heavy atom. The van der Waals surface area contributed by atoms with Gasteiger partial charge in [0.1, 0.15) is 0 Å². The van der Waals surface area contributed by atoms with E-state index in [-0.39, 0.29) is 28.5 Å². The lowest BCUT2D eigenvalue weighted by Crippen LogP contribution is -2.13. The SMILES string of the molecule is COc1cccc(-c2nc(Cl)nc(NC(C)C)n2)c1F. The van der Waals surface area contributed by atoms with Crippen molar-refractivity contribution in [1.29, 1.82) is 0 Å². The lowest BCUT2D eigenvalue weighted by atomic mass is 10.2. The van der Waals surface area contributed by atoms with Crippen LogP contribution in [0.5, 0.6) is 5.75 Å². The molecule has 0 aliphatic carbocycles. The molecule has 1 aromatic heterocycles. The van der Waals surface area contributed by atoms with Crippen LogP contribution >= 0.6 is 11.6 Å². The normalized spacial score (nSPS) is 10.7. The molecule has 0 unspecified atom stereocenters. The molecule has 0 spiro atoms. The first-order valence-electron chi connectivity index (χ1n) is 6.02. The van der Waals surface area contributed by atoms with Crippen LogP contribution in [0.15, 0.2) is 18.2 Å². The summed E-state index contributed by atoms with van der Waals surface area (Å²) in [5.41, 5.74) is 0.209. The van der Waals surface area contributed by atoms with Crippen LogP contribution in [0.25, 0.3) is 11.4 Å². The molecule has 2 aromatic rings. The molecule has 0 saturated heterocycles. The number of hydrogen-bond donors (Lipinski definition) is 1. The maximum Gasteiger partial charge on any atom is 0.227 e. The molecule has 0 radical (unpaired) electrons. The number of halogens is 2. The van der Waals surface area contributed by atoms with Crippen LogP contribution in [0.1, 0.15) is 13.8 Å². The number of nitrogens with one attached hydrogen (secondary N) is 1. The van der Waals surface area contributed by atoms with Crippen molar-refractivity contribution in [2.24, 2.45) is 0 Å². The summed E-state index contributed by atoms with van der Waals surface area (Å²) in [7, 11) is 1.40. The lowest BCUT2D eigenvalue weighted by Gasteiger charge is -2.10. The molecule has 0 saturated carbocycles. The van der Waals surface area contributed by atoms with Crippen LogP contribution in [-0.2, 0) is 0 Å². The largest absolute Gasteiger partial charge is 0.494 e. The lowest BCUT2D eigenvalue weighted by molar-refractivity contribution is 0.387. The Balaban J connectivity index is 2.50. The highest BCUT2D eigenvalue weighted by molar-refractivity contribution is 6.28. The summed E-state index contributed by atoms with van der Waals surface area (Å²) in [5.74, 6) is 0.0481.